The summed E-state index contributed by atoms with van der Waals surface area (Å²) in [5.74, 6) is 1.08. The second-order valence-electron chi connectivity index (χ2n) is 8.33. The molecule has 0 saturated carbocycles. The van der Waals surface area contributed by atoms with Crippen LogP contribution in [0.4, 0.5) is 0 Å². The number of hydrogen-bond donors (Lipinski definition) is 2. The Balaban J connectivity index is 2.28. The molecule has 0 aromatic carbocycles. The summed E-state index contributed by atoms with van der Waals surface area (Å²) >= 11 is 0. The van der Waals surface area contributed by atoms with Crippen LogP contribution in [0.15, 0.2) is 48.3 Å². The van der Waals surface area contributed by atoms with Crippen molar-refractivity contribution in [3.63, 3.8) is 0 Å². The highest BCUT2D eigenvalue weighted by Gasteiger charge is 2.31. The van der Waals surface area contributed by atoms with Gasteiger partial charge in [0.25, 0.3) is 0 Å². The average molecular weight is 409 g/mol. The Kier molecular flexibility index (Phi) is 9.35. The van der Waals surface area contributed by atoms with Crippen molar-refractivity contribution in [2.45, 2.75) is 79.2 Å². The number of nitrogens with one attached hydrogen (secondary N) is 2. The Morgan fingerprint density at radius 1 is 1.17 bits per heavy atom. The summed E-state index contributed by atoms with van der Waals surface area (Å²) < 4.78 is 0. The van der Waals surface area contributed by atoms with Crippen molar-refractivity contribution in [1.29, 1.82) is 5.41 Å². The van der Waals surface area contributed by atoms with Gasteiger partial charge < -0.3 is 10.2 Å². The van der Waals surface area contributed by atoms with Gasteiger partial charge in [0, 0.05) is 35.7 Å². The first-order valence-electron chi connectivity index (χ1n) is 11.5. The monoisotopic (exact) mass is 408 g/mol. The zero-order valence-corrected chi connectivity index (χ0v) is 19.6. The van der Waals surface area contributed by atoms with Crippen LogP contribution in [0.5, 0.6) is 0 Å². The summed E-state index contributed by atoms with van der Waals surface area (Å²) in [6.07, 6.45) is 12.6. The average Bonchev–Trinajstić information content (AvgIpc) is 3.04. The van der Waals surface area contributed by atoms with Crippen molar-refractivity contribution in [3.8, 4) is 0 Å². The largest absolute Gasteiger partial charge is 0.391 e. The lowest BCUT2D eigenvalue weighted by molar-refractivity contribution is 0.364. The van der Waals surface area contributed by atoms with Gasteiger partial charge in [-0.15, -0.1) is 0 Å². The van der Waals surface area contributed by atoms with Gasteiger partial charge in [-0.25, -0.2) is 0 Å². The van der Waals surface area contributed by atoms with E-state index in [1.165, 1.54) is 11.1 Å². The molecular weight excluding hydrogens is 368 g/mol. The maximum absolute atomic E-state index is 8.83. The molecule has 1 aromatic rings. The van der Waals surface area contributed by atoms with Crippen LogP contribution >= 0.6 is 0 Å². The van der Waals surface area contributed by atoms with Gasteiger partial charge in [-0.2, -0.15) is 0 Å². The Morgan fingerprint density at radius 2 is 1.87 bits per heavy atom. The summed E-state index contributed by atoms with van der Waals surface area (Å²) in [5, 5.41) is 12.1. The molecule has 0 radical (unpaired) electrons. The molecule has 0 bridgehead atoms. The number of pyridine rings is 1. The van der Waals surface area contributed by atoms with Crippen molar-refractivity contribution in [2.75, 3.05) is 6.54 Å². The van der Waals surface area contributed by atoms with Gasteiger partial charge in [0.05, 0.1) is 0 Å². The quantitative estimate of drug-likeness (QED) is 0.413. The van der Waals surface area contributed by atoms with Crippen molar-refractivity contribution in [3.05, 3.63) is 65.3 Å². The highest BCUT2D eigenvalue weighted by atomic mass is 15.2. The van der Waals surface area contributed by atoms with Crippen LogP contribution in [0.1, 0.15) is 69.8 Å². The Bertz CT molecular complexity index is 770. The summed E-state index contributed by atoms with van der Waals surface area (Å²) in [6.45, 7) is 15.3. The second-order valence-corrected chi connectivity index (χ2v) is 8.33. The van der Waals surface area contributed by atoms with Crippen LogP contribution in [-0.2, 0) is 6.42 Å². The molecule has 1 aliphatic heterocycles. The highest BCUT2D eigenvalue weighted by molar-refractivity contribution is 6.03. The lowest BCUT2D eigenvalue weighted by atomic mass is 9.86. The zero-order chi connectivity index (χ0) is 22.1. The third kappa shape index (κ3) is 6.07. The van der Waals surface area contributed by atoms with Crippen LogP contribution in [0.25, 0.3) is 0 Å². The smallest absolute Gasteiger partial charge is 0.132 e. The topological polar surface area (TPSA) is 52.0 Å². The number of rotatable bonds is 12. The molecule has 2 atom stereocenters. The maximum atomic E-state index is 8.83. The molecular formula is C26H40N4. The second kappa shape index (κ2) is 11.7. The Morgan fingerprint density at radius 3 is 2.43 bits per heavy atom. The maximum Gasteiger partial charge on any atom is 0.132 e. The minimum Gasteiger partial charge on any atom is -0.391 e. The first-order valence-corrected chi connectivity index (χ1v) is 11.5. The van der Waals surface area contributed by atoms with Crippen molar-refractivity contribution in [2.24, 2.45) is 5.92 Å². The van der Waals surface area contributed by atoms with Gasteiger partial charge in [-0.05, 0) is 88.3 Å². The lowest BCUT2D eigenvalue weighted by Gasteiger charge is -2.26. The van der Waals surface area contributed by atoms with E-state index in [1.54, 1.807) is 6.20 Å². The van der Waals surface area contributed by atoms with Gasteiger partial charge in [-0.1, -0.05) is 32.9 Å². The van der Waals surface area contributed by atoms with E-state index in [0.29, 0.717) is 17.8 Å². The molecule has 4 nitrogen and oxygen atoms in total. The fourth-order valence-corrected chi connectivity index (χ4v) is 4.57. The molecule has 0 amide bonds. The Hall–Kier alpha value is -2.36. The first kappa shape index (κ1) is 23.9. The van der Waals surface area contributed by atoms with E-state index in [0.717, 1.165) is 62.0 Å². The van der Waals surface area contributed by atoms with Crippen LogP contribution in [0.2, 0.25) is 0 Å². The van der Waals surface area contributed by atoms with Crippen molar-refractivity contribution in [1.82, 2.24) is 15.2 Å². The molecule has 0 aliphatic carbocycles. The van der Waals surface area contributed by atoms with Gasteiger partial charge >= 0.3 is 0 Å². The Labute approximate surface area is 183 Å². The van der Waals surface area contributed by atoms with E-state index in [-0.39, 0.29) is 0 Å². The van der Waals surface area contributed by atoms with Crippen LogP contribution in [0, 0.1) is 25.2 Å². The molecule has 1 aliphatic rings. The minimum absolute atomic E-state index is 0.405. The van der Waals surface area contributed by atoms with Gasteiger partial charge in [0.15, 0.2) is 0 Å². The normalized spacial score (nSPS) is 17.2. The summed E-state index contributed by atoms with van der Waals surface area (Å²) in [4.78, 5) is 6.74. The third-order valence-electron chi connectivity index (χ3n) is 6.02. The summed E-state index contributed by atoms with van der Waals surface area (Å²) in [5.41, 5.74) is 5.96. The number of amidine groups is 1. The SMILES string of the molecule is C=CNCCC(CCc1cc(C)nc(C)c1)C1=CN(C(CC)CCC)C(=N)/C1=C\C. The molecule has 30 heavy (non-hydrogen) atoms. The lowest BCUT2D eigenvalue weighted by Crippen LogP contribution is -2.32. The van der Waals surface area contributed by atoms with Crippen LogP contribution in [-0.4, -0.2) is 28.3 Å². The standard InChI is InChI=1S/C26H40N4/c1-7-11-23(8-2)30-18-25(24(9-3)26(30)27)22(14-15-28-10-4)13-12-21-16-19(5)29-20(6)17-21/h9-10,16-18,22-23,27-28H,4,7-8,11-15H2,1-3,5-6H3/b24-9-,27-26?. The van der Waals surface area contributed by atoms with Crippen molar-refractivity contribution >= 4 is 5.84 Å². The molecule has 2 rings (SSSR count). The fourth-order valence-electron chi connectivity index (χ4n) is 4.57. The minimum atomic E-state index is 0.405. The molecule has 0 fully saturated rings. The molecule has 164 valence electrons. The molecule has 0 saturated heterocycles. The fraction of sp³-hybridized carbons (Fsp3) is 0.538. The predicted molar refractivity (Wildman–Crippen MR) is 129 cm³/mol. The van der Waals surface area contributed by atoms with Gasteiger partial charge in [0.2, 0.25) is 0 Å². The van der Waals surface area contributed by atoms with Crippen LogP contribution in [0.3, 0.4) is 0 Å². The summed E-state index contributed by atoms with van der Waals surface area (Å²) in [7, 11) is 0. The van der Waals surface area contributed by atoms with Crippen LogP contribution < -0.4 is 5.32 Å². The molecule has 0 spiro atoms. The number of nitrogens with zero attached hydrogens (tertiary/aromatic N) is 2. The highest BCUT2D eigenvalue weighted by Crippen LogP contribution is 2.35. The predicted octanol–water partition coefficient (Wildman–Crippen LogP) is 6.07. The van der Waals surface area contributed by atoms with E-state index in [2.05, 4.69) is 80.8 Å². The number of allylic oxidation sites excluding steroid dienone is 1. The molecule has 4 heteroatoms. The number of aromatic nitrogens is 1. The van der Waals surface area contributed by atoms with E-state index < -0.39 is 0 Å². The van der Waals surface area contributed by atoms with E-state index in [4.69, 9.17) is 5.41 Å². The molecule has 2 unspecified atom stereocenters. The first-order chi connectivity index (χ1) is 14.4. The number of aryl methyl sites for hydroxylation is 3. The van der Waals surface area contributed by atoms with E-state index >= 15 is 0 Å². The van der Waals surface area contributed by atoms with Gasteiger partial charge in [0.1, 0.15) is 5.84 Å². The van der Waals surface area contributed by atoms with E-state index in [1.807, 2.05) is 0 Å². The third-order valence-corrected chi connectivity index (χ3v) is 6.02. The van der Waals surface area contributed by atoms with E-state index in [9.17, 15) is 0 Å². The van der Waals surface area contributed by atoms with Crippen molar-refractivity contribution < 1.29 is 0 Å². The molecule has 1 aromatic heterocycles. The molecule has 2 heterocycles. The summed E-state index contributed by atoms with van der Waals surface area (Å²) in [6, 6.07) is 4.82. The number of hydrogen-bond acceptors (Lipinski definition) is 3. The molecule has 2 N–H and O–H groups in total. The van der Waals surface area contributed by atoms with Gasteiger partial charge in [-0.3, -0.25) is 10.4 Å². The zero-order valence-electron chi connectivity index (χ0n) is 19.6.